The highest BCUT2D eigenvalue weighted by molar-refractivity contribution is 7.47. The molecular weight excluding hydrogens is 209 g/mol. The summed E-state index contributed by atoms with van der Waals surface area (Å²) in [5.74, 6) is 0. The van der Waals surface area contributed by atoms with Crippen LogP contribution in [0.5, 0.6) is 0 Å². The molecular formula is C6H20N3O4P. The third-order valence-electron chi connectivity index (χ3n) is 1.18. The van der Waals surface area contributed by atoms with Crippen molar-refractivity contribution in [3.05, 3.63) is 0 Å². The van der Waals surface area contributed by atoms with Gasteiger partial charge in [-0.05, 0) is 6.42 Å². The monoisotopic (exact) mass is 229 g/mol. The van der Waals surface area contributed by atoms with Gasteiger partial charge in [-0.2, -0.15) is 10.1 Å². The summed E-state index contributed by atoms with van der Waals surface area (Å²) < 4.78 is 19.9. The number of nitrogens with one attached hydrogen (secondary N) is 1. The van der Waals surface area contributed by atoms with Gasteiger partial charge in [0.2, 0.25) is 0 Å². The zero-order chi connectivity index (χ0) is 10.2. The van der Waals surface area contributed by atoms with Crippen LogP contribution in [0.15, 0.2) is 0 Å². The van der Waals surface area contributed by atoms with Gasteiger partial charge < -0.3 is 16.8 Å². The van der Waals surface area contributed by atoms with E-state index in [-0.39, 0.29) is 12.8 Å². The Morgan fingerprint density at radius 3 is 2.71 bits per heavy atom. The van der Waals surface area contributed by atoms with E-state index in [1.165, 1.54) is 0 Å². The lowest BCUT2D eigenvalue weighted by molar-refractivity contribution is 0.0975. The predicted octanol–water partition coefficient (Wildman–Crippen LogP) is 0.545. The minimum Gasteiger partial charge on any atom is -0.344 e. The SMILES string of the molecule is CCCCOP(=O)(O)ONCCN.N. The highest BCUT2D eigenvalue weighted by Gasteiger charge is 2.20. The number of phosphoric acid groups is 1. The van der Waals surface area contributed by atoms with Gasteiger partial charge >= 0.3 is 7.82 Å². The van der Waals surface area contributed by atoms with E-state index < -0.39 is 7.82 Å². The molecule has 7 nitrogen and oxygen atoms in total. The zero-order valence-corrected chi connectivity index (χ0v) is 9.33. The molecule has 0 spiro atoms. The molecule has 0 radical (unpaired) electrons. The molecule has 14 heavy (non-hydrogen) atoms. The topological polar surface area (TPSA) is 129 Å². The summed E-state index contributed by atoms with van der Waals surface area (Å²) in [5.41, 5.74) is 7.36. The Morgan fingerprint density at radius 1 is 1.57 bits per heavy atom. The zero-order valence-electron chi connectivity index (χ0n) is 8.44. The van der Waals surface area contributed by atoms with Gasteiger partial charge in [0.05, 0.1) is 6.61 Å². The van der Waals surface area contributed by atoms with Crippen LogP contribution in [0.25, 0.3) is 0 Å². The van der Waals surface area contributed by atoms with Gasteiger partial charge in [0.25, 0.3) is 0 Å². The van der Waals surface area contributed by atoms with Crippen LogP contribution < -0.4 is 17.4 Å². The van der Waals surface area contributed by atoms with Crippen LogP contribution in [-0.4, -0.2) is 24.6 Å². The molecule has 7 N–H and O–H groups in total. The van der Waals surface area contributed by atoms with Gasteiger partial charge in [-0.25, -0.2) is 4.57 Å². The van der Waals surface area contributed by atoms with E-state index in [0.29, 0.717) is 13.1 Å². The second-order valence-corrected chi connectivity index (χ2v) is 3.81. The van der Waals surface area contributed by atoms with Crippen molar-refractivity contribution in [2.75, 3.05) is 19.7 Å². The Labute approximate surface area is 84.1 Å². The van der Waals surface area contributed by atoms with Gasteiger partial charge in [0.1, 0.15) is 0 Å². The molecule has 0 rings (SSSR count). The lowest BCUT2D eigenvalue weighted by Gasteiger charge is -2.11. The van der Waals surface area contributed by atoms with Crippen LogP contribution in [0.3, 0.4) is 0 Å². The summed E-state index contributed by atoms with van der Waals surface area (Å²) in [6, 6.07) is 0. The van der Waals surface area contributed by atoms with Crippen molar-refractivity contribution in [2.45, 2.75) is 19.8 Å². The highest BCUT2D eigenvalue weighted by atomic mass is 31.2. The van der Waals surface area contributed by atoms with E-state index in [1.807, 2.05) is 6.92 Å². The summed E-state index contributed by atoms with van der Waals surface area (Å²) >= 11 is 0. The van der Waals surface area contributed by atoms with Crippen molar-refractivity contribution in [1.29, 1.82) is 0 Å². The maximum atomic E-state index is 11.0. The van der Waals surface area contributed by atoms with Gasteiger partial charge in [-0.3, -0.25) is 4.52 Å². The molecule has 0 amide bonds. The Morgan fingerprint density at radius 2 is 2.21 bits per heavy atom. The average Bonchev–Trinajstić information content (AvgIpc) is 2.05. The first kappa shape index (κ1) is 16.4. The molecule has 0 bridgehead atoms. The molecule has 0 saturated carbocycles. The standard InChI is InChI=1S/C6H17N2O4P.H3N/c1-2-3-6-11-13(9,10)12-8-5-4-7;/h8H,2-7H2,1H3,(H,9,10);1H3. The van der Waals surface area contributed by atoms with Crippen molar-refractivity contribution < 1.29 is 18.6 Å². The predicted molar refractivity (Wildman–Crippen MR) is 53.8 cm³/mol. The van der Waals surface area contributed by atoms with Gasteiger partial charge in [0, 0.05) is 13.1 Å². The summed E-state index contributed by atoms with van der Waals surface area (Å²) in [4.78, 5) is 8.98. The number of phosphoric ester groups is 1. The smallest absolute Gasteiger partial charge is 0.344 e. The Kier molecular flexibility index (Phi) is 11.2. The Bertz CT molecular complexity index is 155. The fourth-order valence-corrected chi connectivity index (χ4v) is 1.20. The molecule has 0 aromatic carbocycles. The van der Waals surface area contributed by atoms with Crippen molar-refractivity contribution >= 4 is 7.82 Å². The van der Waals surface area contributed by atoms with Crippen molar-refractivity contribution in [1.82, 2.24) is 11.6 Å². The lowest BCUT2D eigenvalue weighted by atomic mass is 10.4. The van der Waals surface area contributed by atoms with E-state index in [4.69, 9.17) is 10.6 Å². The molecule has 8 heteroatoms. The second kappa shape index (κ2) is 9.54. The molecule has 0 aromatic rings. The minimum atomic E-state index is -3.92. The Hall–Kier alpha value is -0.0100. The quantitative estimate of drug-likeness (QED) is 0.271. The lowest BCUT2D eigenvalue weighted by Crippen LogP contribution is -2.22. The third kappa shape index (κ3) is 10.1. The fourth-order valence-electron chi connectivity index (χ4n) is 0.537. The van der Waals surface area contributed by atoms with Crippen LogP contribution in [0.1, 0.15) is 19.8 Å². The van der Waals surface area contributed by atoms with E-state index in [0.717, 1.165) is 12.8 Å². The third-order valence-corrected chi connectivity index (χ3v) is 2.05. The first-order chi connectivity index (χ1) is 6.12. The molecule has 0 aliphatic carbocycles. The van der Waals surface area contributed by atoms with Gasteiger partial charge in [-0.1, -0.05) is 13.3 Å². The maximum absolute atomic E-state index is 11.0. The van der Waals surface area contributed by atoms with Crippen LogP contribution in [0.2, 0.25) is 0 Å². The van der Waals surface area contributed by atoms with Crippen molar-refractivity contribution in [3.63, 3.8) is 0 Å². The molecule has 0 aliphatic heterocycles. The number of nitrogens with two attached hydrogens (primary N) is 1. The first-order valence-corrected chi connectivity index (χ1v) is 5.70. The summed E-state index contributed by atoms with van der Waals surface area (Å²) in [7, 11) is -3.92. The fraction of sp³-hybridized carbons (Fsp3) is 1.00. The van der Waals surface area contributed by atoms with E-state index in [2.05, 4.69) is 14.6 Å². The van der Waals surface area contributed by atoms with Crippen LogP contribution in [0, 0.1) is 0 Å². The number of hydroxylamine groups is 1. The maximum Gasteiger partial charge on any atom is 0.488 e. The van der Waals surface area contributed by atoms with Crippen molar-refractivity contribution in [3.8, 4) is 0 Å². The normalized spacial score (nSPS) is 14.5. The largest absolute Gasteiger partial charge is 0.488 e. The van der Waals surface area contributed by atoms with Crippen molar-refractivity contribution in [2.24, 2.45) is 5.73 Å². The molecule has 1 atom stereocenters. The highest BCUT2D eigenvalue weighted by Crippen LogP contribution is 2.41. The van der Waals surface area contributed by atoms with Crippen LogP contribution in [-0.2, 0) is 13.7 Å². The molecule has 88 valence electrons. The van der Waals surface area contributed by atoms with Crippen LogP contribution >= 0.6 is 7.82 Å². The Balaban J connectivity index is 0. The van der Waals surface area contributed by atoms with Gasteiger partial charge in [-0.15, -0.1) is 0 Å². The van der Waals surface area contributed by atoms with Crippen LogP contribution in [0.4, 0.5) is 0 Å². The summed E-state index contributed by atoms with van der Waals surface area (Å²) in [5, 5.41) is 0. The molecule has 0 aliphatic rings. The minimum absolute atomic E-state index is 0. The average molecular weight is 229 g/mol. The van der Waals surface area contributed by atoms with E-state index >= 15 is 0 Å². The number of unbranched alkanes of at least 4 members (excludes halogenated alkanes) is 1. The molecule has 0 saturated heterocycles. The number of hydrogen-bond acceptors (Lipinski definition) is 6. The summed E-state index contributed by atoms with van der Waals surface area (Å²) in [6.45, 7) is 2.81. The molecule has 1 unspecified atom stereocenters. The molecule has 0 heterocycles. The van der Waals surface area contributed by atoms with Gasteiger partial charge in [0.15, 0.2) is 0 Å². The second-order valence-electron chi connectivity index (χ2n) is 2.43. The van der Waals surface area contributed by atoms with E-state index in [1.54, 1.807) is 0 Å². The summed E-state index contributed by atoms with van der Waals surface area (Å²) in [6.07, 6.45) is 1.63. The molecule has 0 fully saturated rings. The molecule has 0 aromatic heterocycles. The number of rotatable bonds is 8. The van der Waals surface area contributed by atoms with E-state index in [9.17, 15) is 4.57 Å². The first-order valence-electron chi connectivity index (χ1n) is 4.21. The number of hydrogen-bond donors (Lipinski definition) is 4.